The quantitative estimate of drug-likeness (QED) is 0.784. The molecule has 1 heteroatoms. The predicted molar refractivity (Wildman–Crippen MR) is 85.6 cm³/mol. The molecule has 0 amide bonds. The molecule has 0 fully saturated rings. The number of aryl methyl sites for hydroxylation is 2. The maximum Gasteiger partial charge on any atom is 0.0325 e. The van der Waals surface area contributed by atoms with Crippen LogP contribution in [0, 0.1) is 25.2 Å². The highest BCUT2D eigenvalue weighted by Gasteiger charge is 2.24. The van der Waals surface area contributed by atoms with E-state index in [0.717, 1.165) is 6.54 Å². The SMILES string of the molecule is CCNC(CC(C)C(C)(C)C)c1cc(C)ccc1C. The van der Waals surface area contributed by atoms with Gasteiger partial charge in [-0.3, -0.25) is 0 Å². The third-order valence-electron chi connectivity index (χ3n) is 4.33. The fourth-order valence-corrected chi connectivity index (χ4v) is 2.41. The molecule has 1 rings (SSSR count). The van der Waals surface area contributed by atoms with Crippen LogP contribution >= 0.6 is 0 Å². The minimum Gasteiger partial charge on any atom is -0.310 e. The molecule has 19 heavy (non-hydrogen) atoms. The smallest absolute Gasteiger partial charge is 0.0325 e. The number of nitrogens with one attached hydrogen (secondary N) is 1. The van der Waals surface area contributed by atoms with Crippen LogP contribution in [-0.2, 0) is 0 Å². The Morgan fingerprint density at radius 2 is 1.79 bits per heavy atom. The van der Waals surface area contributed by atoms with Crippen molar-refractivity contribution >= 4 is 0 Å². The highest BCUT2D eigenvalue weighted by Crippen LogP contribution is 2.34. The lowest BCUT2D eigenvalue weighted by Gasteiger charge is -2.32. The van der Waals surface area contributed by atoms with E-state index in [9.17, 15) is 0 Å². The summed E-state index contributed by atoms with van der Waals surface area (Å²) in [5, 5.41) is 3.67. The fraction of sp³-hybridized carbons (Fsp3) is 0.667. The fourth-order valence-electron chi connectivity index (χ4n) is 2.41. The minimum atomic E-state index is 0.366. The van der Waals surface area contributed by atoms with Gasteiger partial charge >= 0.3 is 0 Å². The monoisotopic (exact) mass is 261 g/mol. The van der Waals surface area contributed by atoms with E-state index in [1.807, 2.05) is 0 Å². The molecule has 0 spiro atoms. The van der Waals surface area contributed by atoms with Gasteiger partial charge in [-0.1, -0.05) is 58.4 Å². The summed E-state index contributed by atoms with van der Waals surface area (Å²) in [4.78, 5) is 0. The first kappa shape index (κ1) is 16.2. The normalized spacial score (nSPS) is 15.3. The standard InChI is InChI=1S/C18H31N/c1-8-19-17(12-15(4)18(5,6)7)16-11-13(2)9-10-14(16)3/h9-11,15,17,19H,8,12H2,1-7H3. The number of hydrogen-bond donors (Lipinski definition) is 1. The molecule has 0 saturated heterocycles. The van der Waals surface area contributed by atoms with Crippen molar-refractivity contribution in [2.24, 2.45) is 11.3 Å². The summed E-state index contributed by atoms with van der Waals surface area (Å²) in [7, 11) is 0. The minimum absolute atomic E-state index is 0.366. The third kappa shape index (κ3) is 4.65. The topological polar surface area (TPSA) is 12.0 Å². The van der Waals surface area contributed by atoms with Gasteiger partial charge in [0.25, 0.3) is 0 Å². The van der Waals surface area contributed by atoms with Gasteiger partial charge < -0.3 is 5.32 Å². The Morgan fingerprint density at radius 1 is 1.16 bits per heavy atom. The van der Waals surface area contributed by atoms with E-state index in [4.69, 9.17) is 0 Å². The van der Waals surface area contributed by atoms with Gasteiger partial charge in [0, 0.05) is 6.04 Å². The lowest BCUT2D eigenvalue weighted by molar-refractivity contribution is 0.223. The summed E-state index contributed by atoms with van der Waals surface area (Å²) in [6, 6.07) is 7.27. The molecule has 1 N–H and O–H groups in total. The molecule has 1 aromatic carbocycles. The number of hydrogen-bond acceptors (Lipinski definition) is 1. The Morgan fingerprint density at radius 3 is 2.32 bits per heavy atom. The van der Waals surface area contributed by atoms with E-state index in [-0.39, 0.29) is 0 Å². The van der Waals surface area contributed by atoms with Crippen LogP contribution in [0.4, 0.5) is 0 Å². The van der Waals surface area contributed by atoms with Crippen LogP contribution in [0.25, 0.3) is 0 Å². The van der Waals surface area contributed by atoms with Crippen LogP contribution in [-0.4, -0.2) is 6.54 Å². The van der Waals surface area contributed by atoms with Crippen molar-refractivity contribution < 1.29 is 0 Å². The predicted octanol–water partition coefficient (Wildman–Crippen LogP) is 5.03. The highest BCUT2D eigenvalue weighted by molar-refractivity contribution is 5.33. The van der Waals surface area contributed by atoms with Crippen molar-refractivity contribution in [1.82, 2.24) is 5.32 Å². The molecular formula is C18H31N. The molecule has 2 unspecified atom stereocenters. The van der Waals surface area contributed by atoms with Crippen molar-refractivity contribution in [2.45, 2.75) is 60.9 Å². The van der Waals surface area contributed by atoms with Gasteiger partial charge in [0.2, 0.25) is 0 Å². The average Bonchev–Trinajstić information content (AvgIpc) is 2.30. The average molecular weight is 261 g/mol. The zero-order chi connectivity index (χ0) is 14.6. The van der Waals surface area contributed by atoms with Gasteiger partial charge in [-0.15, -0.1) is 0 Å². The van der Waals surface area contributed by atoms with E-state index >= 15 is 0 Å². The largest absolute Gasteiger partial charge is 0.310 e. The van der Waals surface area contributed by atoms with Crippen molar-refractivity contribution in [1.29, 1.82) is 0 Å². The molecule has 0 bridgehead atoms. The van der Waals surface area contributed by atoms with Gasteiger partial charge in [0.1, 0.15) is 0 Å². The first-order valence-electron chi connectivity index (χ1n) is 7.56. The Hall–Kier alpha value is -0.820. The molecule has 0 aliphatic heterocycles. The third-order valence-corrected chi connectivity index (χ3v) is 4.33. The van der Waals surface area contributed by atoms with Crippen LogP contribution in [0.2, 0.25) is 0 Å². The van der Waals surface area contributed by atoms with Crippen LogP contribution in [0.5, 0.6) is 0 Å². The van der Waals surface area contributed by atoms with Gasteiger partial charge in [0.05, 0.1) is 0 Å². The van der Waals surface area contributed by atoms with Crippen LogP contribution in [0.15, 0.2) is 18.2 Å². The molecule has 0 saturated carbocycles. The summed E-state index contributed by atoms with van der Waals surface area (Å²) in [5.74, 6) is 0.691. The molecule has 0 aliphatic rings. The van der Waals surface area contributed by atoms with Crippen LogP contribution in [0.3, 0.4) is 0 Å². The molecule has 2 atom stereocenters. The van der Waals surface area contributed by atoms with Crippen LogP contribution < -0.4 is 5.32 Å². The first-order chi connectivity index (χ1) is 8.75. The zero-order valence-electron chi connectivity index (χ0n) is 13.8. The second-order valence-corrected chi connectivity index (χ2v) is 6.97. The van der Waals surface area contributed by atoms with Crippen molar-refractivity contribution in [3.63, 3.8) is 0 Å². The molecule has 0 heterocycles. The second-order valence-electron chi connectivity index (χ2n) is 6.97. The van der Waals surface area contributed by atoms with E-state index < -0.39 is 0 Å². The molecule has 1 nitrogen and oxygen atoms in total. The number of benzene rings is 1. The van der Waals surface area contributed by atoms with E-state index in [1.54, 1.807) is 0 Å². The van der Waals surface area contributed by atoms with Crippen molar-refractivity contribution in [3.8, 4) is 0 Å². The van der Waals surface area contributed by atoms with E-state index in [1.165, 1.54) is 23.1 Å². The molecule has 0 aliphatic carbocycles. The molecule has 0 aromatic heterocycles. The first-order valence-corrected chi connectivity index (χ1v) is 7.56. The molecule has 0 radical (unpaired) electrons. The summed E-state index contributed by atoms with van der Waals surface area (Å²) < 4.78 is 0. The zero-order valence-corrected chi connectivity index (χ0v) is 13.8. The Balaban J connectivity index is 2.97. The molecule has 108 valence electrons. The van der Waals surface area contributed by atoms with Gasteiger partial charge in [0.15, 0.2) is 0 Å². The summed E-state index contributed by atoms with van der Waals surface area (Å²) in [6.45, 7) is 17.0. The van der Waals surface area contributed by atoms with Crippen molar-refractivity contribution in [2.75, 3.05) is 6.54 Å². The van der Waals surface area contributed by atoms with E-state index in [2.05, 4.69) is 72.0 Å². The second kappa shape index (κ2) is 6.56. The van der Waals surface area contributed by atoms with Gasteiger partial charge in [-0.05, 0) is 49.3 Å². The Kier molecular flexibility index (Phi) is 5.61. The Labute approximate surface area is 119 Å². The lowest BCUT2D eigenvalue weighted by Crippen LogP contribution is -2.28. The maximum absolute atomic E-state index is 3.67. The number of rotatable bonds is 5. The van der Waals surface area contributed by atoms with Crippen molar-refractivity contribution in [3.05, 3.63) is 34.9 Å². The van der Waals surface area contributed by atoms with Gasteiger partial charge in [-0.2, -0.15) is 0 Å². The van der Waals surface area contributed by atoms with Crippen LogP contribution in [0.1, 0.15) is 63.8 Å². The molecule has 1 aromatic rings. The van der Waals surface area contributed by atoms with E-state index in [0.29, 0.717) is 17.4 Å². The van der Waals surface area contributed by atoms with Gasteiger partial charge in [-0.25, -0.2) is 0 Å². The summed E-state index contributed by atoms with van der Waals surface area (Å²) in [5.41, 5.74) is 4.59. The highest BCUT2D eigenvalue weighted by atomic mass is 14.9. The maximum atomic E-state index is 3.67. The summed E-state index contributed by atoms with van der Waals surface area (Å²) >= 11 is 0. The lowest BCUT2D eigenvalue weighted by atomic mass is 9.77. The molecular weight excluding hydrogens is 230 g/mol. The Bertz CT molecular complexity index is 401. The summed E-state index contributed by atoms with van der Waals surface area (Å²) in [6.07, 6.45) is 1.20.